The molecule has 39 heavy (non-hydrogen) atoms. The minimum absolute atomic E-state index is 0.00536. The third kappa shape index (κ3) is 5.78. The molecule has 3 aromatic carbocycles. The van der Waals surface area contributed by atoms with Crippen LogP contribution < -0.4 is 15.0 Å². The highest BCUT2D eigenvalue weighted by atomic mass is 79.9. The van der Waals surface area contributed by atoms with E-state index >= 15 is 0 Å². The van der Waals surface area contributed by atoms with Gasteiger partial charge in [0.15, 0.2) is 0 Å². The van der Waals surface area contributed by atoms with E-state index in [9.17, 15) is 37.7 Å². The number of ether oxygens (including phenoxy) is 1. The van der Waals surface area contributed by atoms with Gasteiger partial charge in [0.25, 0.3) is 11.8 Å². The molecule has 0 bridgehead atoms. The molecule has 1 N–H and O–H groups in total. The lowest BCUT2D eigenvalue weighted by Crippen LogP contribution is -2.54. The minimum Gasteiger partial charge on any atom is -0.449 e. The Morgan fingerprint density at radius 3 is 2.38 bits per heavy atom. The highest BCUT2D eigenvalue weighted by Crippen LogP contribution is 2.40. The van der Waals surface area contributed by atoms with Crippen LogP contribution in [0, 0.1) is 17.0 Å². The number of carbonyl (C=O) groups excluding carboxylic acids is 3. The van der Waals surface area contributed by atoms with Crippen molar-refractivity contribution >= 4 is 62.8 Å². The van der Waals surface area contributed by atoms with Crippen molar-refractivity contribution in [3.63, 3.8) is 0 Å². The van der Waals surface area contributed by atoms with E-state index in [0.717, 1.165) is 11.0 Å². The number of alkyl halides is 3. The zero-order chi connectivity index (χ0) is 28.6. The van der Waals surface area contributed by atoms with Crippen LogP contribution in [-0.2, 0) is 15.8 Å². The smallest absolute Gasteiger partial charge is 0.416 e. The van der Waals surface area contributed by atoms with Crippen LogP contribution in [0.4, 0.5) is 29.3 Å². The Morgan fingerprint density at radius 1 is 1.05 bits per heavy atom. The first-order valence-electron chi connectivity index (χ1n) is 10.8. The van der Waals surface area contributed by atoms with Gasteiger partial charge in [0.1, 0.15) is 11.3 Å². The first kappa shape index (κ1) is 27.8. The molecular weight excluding hydrogens is 611 g/mol. The van der Waals surface area contributed by atoms with E-state index in [-0.39, 0.29) is 26.5 Å². The minimum atomic E-state index is -4.78. The predicted octanol–water partition coefficient (Wildman–Crippen LogP) is 6.80. The van der Waals surface area contributed by atoms with Gasteiger partial charge in [-0.15, -0.1) is 0 Å². The second kappa shape index (κ2) is 10.5. The number of anilines is 1. The number of amides is 4. The van der Waals surface area contributed by atoms with Crippen molar-refractivity contribution in [3.8, 4) is 11.5 Å². The van der Waals surface area contributed by atoms with Crippen LogP contribution in [0.5, 0.6) is 11.5 Å². The third-order valence-corrected chi connectivity index (χ3v) is 6.34. The molecule has 0 aliphatic carbocycles. The topological polar surface area (TPSA) is 119 Å². The molecule has 1 heterocycles. The lowest BCUT2D eigenvalue weighted by molar-refractivity contribution is -0.385. The maximum atomic E-state index is 13.2. The molecule has 3 aromatic rings. The number of urea groups is 1. The second-order valence-electron chi connectivity index (χ2n) is 8.12. The SMILES string of the molecule is Cc1ccc(Cl)cc1N1C(=O)NC(=O)/C(=C\c2ccc(Oc3ccc(C(F)(F)F)cc3[N+](=O)[O-])c(Br)c2)C1=O. The second-order valence-corrected chi connectivity index (χ2v) is 9.41. The Labute approximate surface area is 231 Å². The zero-order valence-electron chi connectivity index (χ0n) is 19.5. The molecule has 200 valence electrons. The number of benzene rings is 3. The Balaban J connectivity index is 1.65. The number of halogens is 5. The standard InChI is InChI=1S/C25H14BrClF3N3O6/c1-12-2-5-15(27)11-18(12)32-23(35)16(22(34)31-24(32)36)8-13-3-6-20(17(26)9-13)39-21-7-4-14(25(28,29)30)10-19(21)33(37)38/h2-11H,1H3,(H,31,34,36)/b16-8+. The van der Waals surface area contributed by atoms with Gasteiger partial charge in [-0.3, -0.25) is 25.0 Å². The molecule has 0 spiro atoms. The number of barbiturate groups is 1. The van der Waals surface area contributed by atoms with Crippen molar-refractivity contribution in [3.05, 3.63) is 96.5 Å². The van der Waals surface area contributed by atoms with Crippen LogP contribution in [-0.4, -0.2) is 22.8 Å². The molecule has 4 amide bonds. The van der Waals surface area contributed by atoms with Gasteiger partial charge in [-0.1, -0.05) is 23.7 Å². The van der Waals surface area contributed by atoms with Crippen LogP contribution >= 0.6 is 27.5 Å². The molecule has 1 aliphatic rings. The fourth-order valence-corrected chi connectivity index (χ4v) is 4.24. The number of hydrogen-bond donors (Lipinski definition) is 1. The maximum Gasteiger partial charge on any atom is 0.416 e. The number of hydrogen-bond acceptors (Lipinski definition) is 6. The van der Waals surface area contributed by atoms with Crippen LogP contribution in [0.1, 0.15) is 16.7 Å². The normalized spacial score (nSPS) is 15.0. The molecule has 1 fully saturated rings. The summed E-state index contributed by atoms with van der Waals surface area (Å²) in [7, 11) is 0. The van der Waals surface area contributed by atoms with Gasteiger partial charge in [-0.25, -0.2) is 9.69 Å². The lowest BCUT2D eigenvalue weighted by Gasteiger charge is -2.27. The molecule has 1 saturated heterocycles. The van der Waals surface area contributed by atoms with Crippen molar-refractivity contribution < 1.29 is 37.2 Å². The van der Waals surface area contributed by atoms with E-state index < -0.39 is 45.9 Å². The molecule has 4 rings (SSSR count). The largest absolute Gasteiger partial charge is 0.449 e. The molecular formula is C25H14BrClF3N3O6. The van der Waals surface area contributed by atoms with E-state index in [1.54, 1.807) is 19.1 Å². The first-order chi connectivity index (χ1) is 18.3. The van der Waals surface area contributed by atoms with Crippen LogP contribution in [0.2, 0.25) is 5.02 Å². The summed E-state index contributed by atoms with van der Waals surface area (Å²) in [5.74, 6) is -2.26. The number of rotatable bonds is 5. The van der Waals surface area contributed by atoms with Crippen molar-refractivity contribution in [2.24, 2.45) is 0 Å². The quantitative estimate of drug-likeness (QED) is 0.144. The summed E-state index contributed by atoms with van der Waals surface area (Å²) in [6.45, 7) is 1.66. The molecule has 14 heteroatoms. The average Bonchev–Trinajstić information content (AvgIpc) is 2.84. The van der Waals surface area contributed by atoms with Gasteiger partial charge in [0.2, 0.25) is 5.75 Å². The van der Waals surface area contributed by atoms with Crippen LogP contribution in [0.25, 0.3) is 6.08 Å². The Hall–Kier alpha value is -4.23. The Bertz CT molecular complexity index is 1590. The van der Waals surface area contributed by atoms with Gasteiger partial charge in [0.05, 0.1) is 20.6 Å². The molecule has 1 aliphatic heterocycles. The van der Waals surface area contributed by atoms with Crippen LogP contribution in [0.3, 0.4) is 0 Å². The van der Waals surface area contributed by atoms with Crippen molar-refractivity contribution in [2.45, 2.75) is 13.1 Å². The number of imide groups is 2. The summed E-state index contributed by atoms with van der Waals surface area (Å²) in [6, 6.07) is 9.62. The van der Waals surface area contributed by atoms with Crippen molar-refractivity contribution in [1.82, 2.24) is 5.32 Å². The average molecular weight is 625 g/mol. The molecule has 0 saturated carbocycles. The summed E-state index contributed by atoms with van der Waals surface area (Å²) in [4.78, 5) is 49.2. The highest BCUT2D eigenvalue weighted by molar-refractivity contribution is 9.10. The number of aryl methyl sites for hydroxylation is 1. The van der Waals surface area contributed by atoms with Gasteiger partial charge in [0, 0.05) is 11.1 Å². The van der Waals surface area contributed by atoms with E-state index in [1.165, 1.54) is 30.3 Å². The summed E-state index contributed by atoms with van der Waals surface area (Å²) < 4.78 is 44.6. The lowest BCUT2D eigenvalue weighted by atomic mass is 10.1. The van der Waals surface area contributed by atoms with E-state index in [4.69, 9.17) is 16.3 Å². The van der Waals surface area contributed by atoms with Gasteiger partial charge < -0.3 is 4.74 Å². The van der Waals surface area contributed by atoms with E-state index in [0.29, 0.717) is 23.3 Å². The van der Waals surface area contributed by atoms with Crippen LogP contribution in [0.15, 0.2) is 64.6 Å². The van der Waals surface area contributed by atoms with Crippen molar-refractivity contribution in [2.75, 3.05) is 4.90 Å². The Kier molecular flexibility index (Phi) is 7.48. The number of nitrogens with zero attached hydrogens (tertiary/aromatic N) is 2. The first-order valence-corrected chi connectivity index (χ1v) is 11.9. The fraction of sp³-hybridized carbons (Fsp3) is 0.0800. The maximum absolute atomic E-state index is 13.2. The van der Waals surface area contributed by atoms with Gasteiger partial charge in [-0.2, -0.15) is 13.2 Å². The summed E-state index contributed by atoms with van der Waals surface area (Å²) in [6.07, 6.45) is -3.57. The summed E-state index contributed by atoms with van der Waals surface area (Å²) in [5, 5.41) is 13.7. The molecule has 0 aromatic heterocycles. The summed E-state index contributed by atoms with van der Waals surface area (Å²) >= 11 is 9.23. The number of nitro groups is 1. The molecule has 0 unspecified atom stereocenters. The van der Waals surface area contributed by atoms with E-state index in [1.807, 2.05) is 0 Å². The predicted molar refractivity (Wildman–Crippen MR) is 138 cm³/mol. The fourth-order valence-electron chi connectivity index (χ4n) is 3.60. The highest BCUT2D eigenvalue weighted by Gasteiger charge is 2.38. The summed E-state index contributed by atoms with van der Waals surface area (Å²) in [5.41, 5.74) is -1.43. The van der Waals surface area contributed by atoms with E-state index in [2.05, 4.69) is 21.2 Å². The molecule has 9 nitrogen and oxygen atoms in total. The zero-order valence-corrected chi connectivity index (χ0v) is 21.8. The third-order valence-electron chi connectivity index (χ3n) is 5.48. The Morgan fingerprint density at radius 2 is 1.74 bits per heavy atom. The van der Waals surface area contributed by atoms with Crippen molar-refractivity contribution in [1.29, 1.82) is 0 Å². The number of nitrogens with one attached hydrogen (secondary N) is 1. The number of nitro benzene ring substituents is 1. The van der Waals surface area contributed by atoms with Gasteiger partial charge in [-0.05, 0) is 76.5 Å². The molecule has 0 radical (unpaired) electrons. The van der Waals surface area contributed by atoms with Gasteiger partial charge >= 0.3 is 17.9 Å². The monoisotopic (exact) mass is 623 g/mol. The number of carbonyl (C=O) groups is 3. The molecule has 0 atom stereocenters.